The van der Waals surface area contributed by atoms with Crippen LogP contribution in [0.3, 0.4) is 0 Å². The fourth-order valence-electron chi connectivity index (χ4n) is 0.716. The fraction of sp³-hybridized carbons (Fsp3) is 0.143. The maximum absolute atomic E-state index is 5.00. The van der Waals surface area contributed by atoms with Gasteiger partial charge in [0.25, 0.3) is 0 Å². The van der Waals surface area contributed by atoms with Crippen molar-refractivity contribution in [3.05, 3.63) is 24.3 Å². The van der Waals surface area contributed by atoms with E-state index < -0.39 is 0 Å². The van der Waals surface area contributed by atoms with Crippen LogP contribution in [-0.2, 0) is 0 Å². The summed E-state index contributed by atoms with van der Waals surface area (Å²) in [7, 11) is 1.61. The van der Waals surface area contributed by atoms with E-state index in [1.165, 1.54) is 0 Å². The van der Waals surface area contributed by atoms with Gasteiger partial charge in [-0.1, -0.05) is 12.1 Å². The molecule has 3 heteroatoms. The quantitative estimate of drug-likeness (QED) is 0.589. The number of para-hydroxylation sites is 2. The van der Waals surface area contributed by atoms with Gasteiger partial charge in [0, 0.05) is 0 Å². The van der Waals surface area contributed by atoms with Crippen molar-refractivity contribution in [2.45, 2.75) is 0 Å². The lowest BCUT2D eigenvalue weighted by atomic mass is 10.3. The smallest absolute Gasteiger partial charge is 0.482 e. The molecule has 0 atom stereocenters. The molecular formula is C7H7AlO2. The van der Waals surface area contributed by atoms with Crippen LogP contribution in [0.25, 0.3) is 0 Å². The van der Waals surface area contributed by atoms with Crippen molar-refractivity contribution >= 4 is 16.6 Å². The number of benzene rings is 1. The van der Waals surface area contributed by atoms with Gasteiger partial charge in [-0.2, -0.15) is 0 Å². The van der Waals surface area contributed by atoms with Crippen LogP contribution in [0.5, 0.6) is 11.5 Å². The molecular weight excluding hydrogens is 143 g/mol. The zero-order chi connectivity index (χ0) is 7.40. The molecule has 0 N–H and O–H groups in total. The molecule has 0 saturated carbocycles. The Morgan fingerprint density at radius 1 is 1.20 bits per heavy atom. The molecule has 0 aliphatic carbocycles. The Balaban J connectivity index is 2.96. The molecule has 0 aromatic heterocycles. The second-order valence-electron chi connectivity index (χ2n) is 1.77. The van der Waals surface area contributed by atoms with Gasteiger partial charge in [0.2, 0.25) is 0 Å². The lowest BCUT2D eigenvalue weighted by Crippen LogP contribution is -1.89. The first-order valence-corrected chi connectivity index (χ1v) is 3.35. The second kappa shape index (κ2) is 3.50. The highest BCUT2D eigenvalue weighted by Crippen LogP contribution is 2.24. The minimum absolute atomic E-state index is 0.731. The third-order valence-corrected chi connectivity index (χ3v) is 1.45. The van der Waals surface area contributed by atoms with Gasteiger partial charge in [-0.15, -0.1) is 0 Å². The number of methoxy groups -OCH3 is 1. The van der Waals surface area contributed by atoms with Gasteiger partial charge in [-0.3, -0.25) is 0 Å². The summed E-state index contributed by atoms with van der Waals surface area (Å²) < 4.78 is 9.93. The molecule has 0 bridgehead atoms. The Bertz CT molecular complexity index is 190. The molecule has 10 heavy (non-hydrogen) atoms. The molecule has 1 aromatic carbocycles. The first kappa shape index (κ1) is 7.46. The van der Waals surface area contributed by atoms with Gasteiger partial charge >= 0.3 is 16.6 Å². The maximum Gasteiger partial charge on any atom is 0.482 e. The van der Waals surface area contributed by atoms with Crippen LogP contribution in [0.4, 0.5) is 0 Å². The van der Waals surface area contributed by atoms with Crippen LogP contribution in [0.1, 0.15) is 0 Å². The van der Waals surface area contributed by atoms with E-state index in [1.807, 2.05) is 24.3 Å². The molecule has 0 spiro atoms. The molecule has 0 saturated heterocycles. The van der Waals surface area contributed by atoms with Crippen LogP contribution in [0.2, 0.25) is 0 Å². The molecule has 1 rings (SSSR count). The van der Waals surface area contributed by atoms with E-state index in [0.717, 1.165) is 11.5 Å². The molecule has 0 heterocycles. The van der Waals surface area contributed by atoms with Gasteiger partial charge < -0.3 is 8.53 Å². The number of hydrogen-bond acceptors (Lipinski definition) is 2. The zero-order valence-corrected chi connectivity index (χ0v) is 6.86. The number of ether oxygens (including phenoxy) is 1. The molecule has 0 aliphatic rings. The first-order chi connectivity index (χ1) is 4.88. The standard InChI is InChI=1S/C7H8O2.Al/c1-9-7-5-3-2-4-6(7)8;/h2-5,8H,1H3;/q;+1/p-1. The summed E-state index contributed by atoms with van der Waals surface area (Å²) in [6.07, 6.45) is 0. The Morgan fingerprint density at radius 3 is 2.20 bits per heavy atom. The normalized spacial score (nSPS) is 8.90. The fourth-order valence-corrected chi connectivity index (χ4v) is 0.911. The molecule has 0 fully saturated rings. The van der Waals surface area contributed by atoms with Crippen molar-refractivity contribution in [3.63, 3.8) is 0 Å². The highest BCUT2D eigenvalue weighted by Gasteiger charge is 1.96. The van der Waals surface area contributed by atoms with Crippen LogP contribution in [0, 0.1) is 0 Å². The monoisotopic (exact) mass is 150 g/mol. The Kier molecular flexibility index (Phi) is 2.61. The maximum atomic E-state index is 5.00. The molecule has 2 radical (unpaired) electrons. The topological polar surface area (TPSA) is 18.5 Å². The van der Waals surface area contributed by atoms with Crippen molar-refractivity contribution in [2.24, 2.45) is 0 Å². The molecule has 50 valence electrons. The molecule has 0 aliphatic heterocycles. The van der Waals surface area contributed by atoms with E-state index in [0.29, 0.717) is 0 Å². The van der Waals surface area contributed by atoms with Crippen molar-refractivity contribution < 1.29 is 8.53 Å². The van der Waals surface area contributed by atoms with E-state index in [-0.39, 0.29) is 0 Å². The van der Waals surface area contributed by atoms with Gasteiger partial charge in [-0.05, 0) is 12.1 Å². The van der Waals surface area contributed by atoms with E-state index in [2.05, 4.69) is 16.6 Å². The Morgan fingerprint density at radius 2 is 1.80 bits per heavy atom. The Hall–Kier alpha value is -0.648. The predicted molar refractivity (Wildman–Crippen MR) is 39.4 cm³/mol. The van der Waals surface area contributed by atoms with Crippen LogP contribution in [0.15, 0.2) is 24.3 Å². The van der Waals surface area contributed by atoms with Gasteiger partial charge in [0.05, 0.1) is 7.11 Å². The van der Waals surface area contributed by atoms with E-state index in [4.69, 9.17) is 8.53 Å². The summed E-state index contributed by atoms with van der Waals surface area (Å²) in [5, 5.41) is 0. The lowest BCUT2D eigenvalue weighted by molar-refractivity contribution is 0.397. The van der Waals surface area contributed by atoms with Gasteiger partial charge in [0.1, 0.15) is 5.75 Å². The van der Waals surface area contributed by atoms with Crippen molar-refractivity contribution in [1.82, 2.24) is 0 Å². The van der Waals surface area contributed by atoms with Crippen LogP contribution >= 0.6 is 0 Å². The summed E-state index contributed by atoms with van der Waals surface area (Å²) in [6.45, 7) is 0. The summed E-state index contributed by atoms with van der Waals surface area (Å²) in [6, 6.07) is 7.47. The largest absolute Gasteiger partial charge is 0.651 e. The SMILES string of the molecule is COc1ccccc1[O][Al]. The zero-order valence-electron chi connectivity index (χ0n) is 5.70. The minimum atomic E-state index is 0.731. The summed E-state index contributed by atoms with van der Waals surface area (Å²) in [5.74, 6) is 1.48. The molecule has 1 aromatic rings. The van der Waals surface area contributed by atoms with Crippen molar-refractivity contribution in [1.29, 1.82) is 0 Å². The number of rotatable bonds is 2. The van der Waals surface area contributed by atoms with Crippen molar-refractivity contribution in [2.75, 3.05) is 7.11 Å². The number of hydrogen-bond donors (Lipinski definition) is 0. The van der Waals surface area contributed by atoms with E-state index in [1.54, 1.807) is 7.11 Å². The average molecular weight is 150 g/mol. The van der Waals surface area contributed by atoms with Gasteiger partial charge in [0.15, 0.2) is 5.75 Å². The highest BCUT2D eigenvalue weighted by atomic mass is 27.1. The summed E-state index contributed by atoms with van der Waals surface area (Å²) in [5.41, 5.74) is 0. The molecule has 0 amide bonds. The molecule has 2 nitrogen and oxygen atoms in total. The second-order valence-corrected chi connectivity index (χ2v) is 2.00. The van der Waals surface area contributed by atoms with Crippen LogP contribution < -0.4 is 8.53 Å². The van der Waals surface area contributed by atoms with E-state index >= 15 is 0 Å². The third kappa shape index (κ3) is 1.44. The van der Waals surface area contributed by atoms with Crippen molar-refractivity contribution in [3.8, 4) is 11.5 Å². The van der Waals surface area contributed by atoms with E-state index in [9.17, 15) is 0 Å². The van der Waals surface area contributed by atoms with Gasteiger partial charge in [-0.25, -0.2) is 0 Å². The molecule has 0 unspecified atom stereocenters. The third-order valence-electron chi connectivity index (χ3n) is 1.20. The minimum Gasteiger partial charge on any atom is -0.651 e. The van der Waals surface area contributed by atoms with Crippen LogP contribution in [-0.4, -0.2) is 23.7 Å². The average Bonchev–Trinajstić information content (AvgIpc) is 2.04. The lowest BCUT2D eigenvalue weighted by Gasteiger charge is -2.07. The highest BCUT2D eigenvalue weighted by molar-refractivity contribution is 6.00. The predicted octanol–water partition coefficient (Wildman–Crippen LogP) is 1.16. The first-order valence-electron chi connectivity index (χ1n) is 2.88. The summed E-state index contributed by atoms with van der Waals surface area (Å²) >= 11 is 2.18. The summed E-state index contributed by atoms with van der Waals surface area (Å²) in [4.78, 5) is 0. The Labute approximate surface area is 68.5 Å².